The van der Waals surface area contributed by atoms with Gasteiger partial charge in [0.2, 0.25) is 5.91 Å². The number of likely N-dealkylation sites (tertiary alicyclic amines) is 1. The third kappa shape index (κ3) is 3.39. The number of rotatable bonds is 5. The highest BCUT2D eigenvalue weighted by molar-refractivity contribution is 7.91. The number of amides is 1. The molecule has 1 aromatic carbocycles. The summed E-state index contributed by atoms with van der Waals surface area (Å²) in [5.74, 6) is -1.22. The highest BCUT2D eigenvalue weighted by Gasteiger charge is 2.45. The van der Waals surface area contributed by atoms with Gasteiger partial charge in [-0.3, -0.25) is 4.79 Å². The van der Waals surface area contributed by atoms with E-state index in [9.17, 15) is 23.1 Å². The van der Waals surface area contributed by atoms with Gasteiger partial charge in [-0.1, -0.05) is 19.1 Å². The number of carbonyl (C=O) groups is 2. The predicted octanol–water partition coefficient (Wildman–Crippen LogP) is 1.49. The van der Waals surface area contributed by atoms with Crippen LogP contribution in [0, 0.1) is 0 Å². The minimum Gasteiger partial charge on any atom is -0.480 e. The molecule has 2 rings (SSSR count). The maximum absolute atomic E-state index is 12.4. The molecule has 0 saturated carbocycles. The normalized spacial score (nSPS) is 21.4. The molecule has 1 atom stereocenters. The minimum atomic E-state index is -3.26. The first-order chi connectivity index (χ1) is 10.7. The SMILES string of the molecule is CCS(=O)(=O)c1ccc(CC(=O)N2CCCC2(C)C(=O)O)cc1. The molecule has 0 radical (unpaired) electrons. The second-order valence-electron chi connectivity index (χ2n) is 5.95. The number of sulfone groups is 1. The lowest BCUT2D eigenvalue weighted by molar-refractivity contribution is -0.155. The van der Waals surface area contributed by atoms with E-state index in [0.717, 1.165) is 0 Å². The molecule has 23 heavy (non-hydrogen) atoms. The fourth-order valence-corrected chi connectivity index (χ4v) is 3.72. The number of hydrogen-bond acceptors (Lipinski definition) is 4. The van der Waals surface area contributed by atoms with Crippen molar-refractivity contribution >= 4 is 21.7 Å². The van der Waals surface area contributed by atoms with Crippen LogP contribution in [0.15, 0.2) is 29.2 Å². The maximum atomic E-state index is 12.4. The van der Waals surface area contributed by atoms with Crippen LogP contribution >= 0.6 is 0 Å². The zero-order valence-corrected chi connectivity index (χ0v) is 14.1. The molecule has 1 N–H and O–H groups in total. The second-order valence-corrected chi connectivity index (χ2v) is 8.23. The first-order valence-corrected chi connectivity index (χ1v) is 9.21. The minimum absolute atomic E-state index is 0.0238. The molecule has 126 valence electrons. The molecule has 0 aliphatic carbocycles. The molecular weight excluding hydrogens is 318 g/mol. The van der Waals surface area contributed by atoms with Gasteiger partial charge in [0.1, 0.15) is 5.54 Å². The molecule has 1 unspecified atom stereocenters. The third-order valence-corrected chi connectivity index (χ3v) is 6.17. The van der Waals surface area contributed by atoms with Gasteiger partial charge in [0, 0.05) is 6.54 Å². The Hall–Kier alpha value is -1.89. The number of carboxylic acids is 1. The number of nitrogens with zero attached hydrogens (tertiary/aromatic N) is 1. The third-order valence-electron chi connectivity index (χ3n) is 4.42. The van der Waals surface area contributed by atoms with E-state index in [1.54, 1.807) is 26.0 Å². The molecule has 1 aromatic rings. The van der Waals surface area contributed by atoms with Crippen LogP contribution in [0.3, 0.4) is 0 Å². The standard InChI is InChI=1S/C16H21NO5S/c1-3-23(21,22)13-7-5-12(6-8-13)11-14(18)17-10-4-9-16(17,2)15(19)20/h5-8H,3-4,9-11H2,1-2H3,(H,19,20). The van der Waals surface area contributed by atoms with Crippen molar-refractivity contribution in [3.05, 3.63) is 29.8 Å². The van der Waals surface area contributed by atoms with Crippen molar-refractivity contribution in [1.29, 1.82) is 0 Å². The van der Waals surface area contributed by atoms with Crippen LogP contribution in [0.4, 0.5) is 0 Å². The van der Waals surface area contributed by atoms with Crippen molar-refractivity contribution in [2.24, 2.45) is 0 Å². The number of aliphatic carboxylic acids is 1. The van der Waals surface area contributed by atoms with Gasteiger partial charge in [0.25, 0.3) is 0 Å². The molecule has 1 aliphatic heterocycles. The second kappa shape index (κ2) is 6.31. The lowest BCUT2D eigenvalue weighted by atomic mass is 9.98. The average molecular weight is 339 g/mol. The van der Waals surface area contributed by atoms with E-state index in [4.69, 9.17) is 0 Å². The van der Waals surface area contributed by atoms with Crippen molar-refractivity contribution in [2.75, 3.05) is 12.3 Å². The summed E-state index contributed by atoms with van der Waals surface area (Å²) in [7, 11) is -3.26. The molecule has 0 spiro atoms. The van der Waals surface area contributed by atoms with Crippen LogP contribution in [0.5, 0.6) is 0 Å². The maximum Gasteiger partial charge on any atom is 0.329 e. The van der Waals surface area contributed by atoms with Crippen molar-refractivity contribution < 1.29 is 23.1 Å². The van der Waals surface area contributed by atoms with Gasteiger partial charge >= 0.3 is 5.97 Å². The molecule has 1 saturated heterocycles. The average Bonchev–Trinajstić information content (AvgIpc) is 2.91. The Balaban J connectivity index is 2.13. The summed E-state index contributed by atoms with van der Waals surface area (Å²) >= 11 is 0. The van der Waals surface area contributed by atoms with Crippen molar-refractivity contribution in [1.82, 2.24) is 4.90 Å². The van der Waals surface area contributed by atoms with Crippen molar-refractivity contribution in [3.8, 4) is 0 Å². The molecule has 1 amide bonds. The van der Waals surface area contributed by atoms with Crippen molar-refractivity contribution in [2.45, 2.75) is 43.5 Å². The van der Waals surface area contributed by atoms with E-state index in [2.05, 4.69) is 0 Å². The van der Waals surface area contributed by atoms with Gasteiger partial charge < -0.3 is 10.0 Å². The number of carbonyl (C=O) groups excluding carboxylic acids is 1. The Morgan fingerprint density at radius 2 is 1.87 bits per heavy atom. The highest BCUT2D eigenvalue weighted by Crippen LogP contribution is 2.30. The summed E-state index contributed by atoms with van der Waals surface area (Å²) in [5.41, 5.74) is -0.479. The first-order valence-electron chi connectivity index (χ1n) is 7.56. The summed E-state index contributed by atoms with van der Waals surface area (Å²) in [4.78, 5) is 25.5. The van der Waals surface area contributed by atoms with E-state index in [1.807, 2.05) is 0 Å². The molecule has 1 heterocycles. The van der Waals surface area contributed by atoms with Crippen LogP contribution in [0.1, 0.15) is 32.3 Å². The van der Waals surface area contributed by atoms with E-state index >= 15 is 0 Å². The van der Waals surface area contributed by atoms with E-state index < -0.39 is 21.3 Å². The number of hydrogen-bond donors (Lipinski definition) is 1. The fraction of sp³-hybridized carbons (Fsp3) is 0.500. The van der Waals surface area contributed by atoms with Crippen LogP contribution < -0.4 is 0 Å². The Labute approximate surface area is 136 Å². The van der Waals surface area contributed by atoms with Crippen LogP contribution in [-0.2, 0) is 25.8 Å². The monoisotopic (exact) mass is 339 g/mol. The van der Waals surface area contributed by atoms with Gasteiger partial charge in [0.05, 0.1) is 17.1 Å². The van der Waals surface area contributed by atoms with Crippen LogP contribution in [0.25, 0.3) is 0 Å². The summed E-state index contributed by atoms with van der Waals surface area (Å²) in [6.45, 7) is 3.58. The topological polar surface area (TPSA) is 91.8 Å². The largest absolute Gasteiger partial charge is 0.480 e. The molecule has 6 nitrogen and oxygen atoms in total. The smallest absolute Gasteiger partial charge is 0.329 e. The van der Waals surface area contributed by atoms with Crippen LogP contribution in [0.2, 0.25) is 0 Å². The zero-order chi connectivity index (χ0) is 17.3. The summed E-state index contributed by atoms with van der Waals surface area (Å²) in [6.07, 6.45) is 1.18. The predicted molar refractivity (Wildman–Crippen MR) is 84.9 cm³/mol. The molecule has 1 fully saturated rings. The molecule has 0 aromatic heterocycles. The first kappa shape index (κ1) is 17.5. The Morgan fingerprint density at radius 3 is 2.39 bits per heavy atom. The van der Waals surface area contributed by atoms with Crippen LogP contribution in [-0.4, -0.2) is 48.1 Å². The molecule has 1 aliphatic rings. The van der Waals surface area contributed by atoms with Gasteiger partial charge in [0.15, 0.2) is 9.84 Å². The van der Waals surface area contributed by atoms with E-state index in [-0.39, 0.29) is 23.0 Å². The van der Waals surface area contributed by atoms with Gasteiger partial charge in [-0.2, -0.15) is 0 Å². The van der Waals surface area contributed by atoms with Gasteiger partial charge in [-0.15, -0.1) is 0 Å². The number of benzene rings is 1. The van der Waals surface area contributed by atoms with E-state index in [0.29, 0.717) is 24.9 Å². The Bertz CT molecular complexity index is 710. The Morgan fingerprint density at radius 1 is 1.26 bits per heavy atom. The van der Waals surface area contributed by atoms with Crippen molar-refractivity contribution in [3.63, 3.8) is 0 Å². The summed E-state index contributed by atoms with van der Waals surface area (Å²) < 4.78 is 23.5. The quantitative estimate of drug-likeness (QED) is 0.877. The summed E-state index contributed by atoms with van der Waals surface area (Å²) in [6, 6.07) is 6.19. The molecule has 0 bridgehead atoms. The highest BCUT2D eigenvalue weighted by atomic mass is 32.2. The van der Waals surface area contributed by atoms with Gasteiger partial charge in [-0.25, -0.2) is 13.2 Å². The summed E-state index contributed by atoms with van der Waals surface area (Å²) in [5, 5.41) is 9.35. The fourth-order valence-electron chi connectivity index (χ4n) is 2.84. The number of carboxylic acid groups (broad SMARTS) is 1. The molecular formula is C16H21NO5S. The molecule has 7 heteroatoms. The zero-order valence-electron chi connectivity index (χ0n) is 13.3. The lowest BCUT2D eigenvalue weighted by Crippen LogP contribution is -2.51. The van der Waals surface area contributed by atoms with Gasteiger partial charge in [-0.05, 0) is 37.5 Å². The van der Waals surface area contributed by atoms with E-state index in [1.165, 1.54) is 17.0 Å². The lowest BCUT2D eigenvalue weighted by Gasteiger charge is -2.31. The Kier molecular flexibility index (Phi) is 4.79.